The van der Waals surface area contributed by atoms with Gasteiger partial charge in [-0.25, -0.2) is 8.42 Å². The molecule has 1 atom stereocenters. The molecular formula is C16H19Cl2N3O4S2. The van der Waals surface area contributed by atoms with E-state index in [1.807, 2.05) is 6.26 Å². The maximum atomic E-state index is 12.7. The maximum Gasteiger partial charge on any atom is 0.242 e. The van der Waals surface area contributed by atoms with Crippen LogP contribution in [0.25, 0.3) is 0 Å². The van der Waals surface area contributed by atoms with E-state index in [-0.39, 0.29) is 21.5 Å². The Morgan fingerprint density at radius 3 is 2.70 bits per heavy atom. The van der Waals surface area contributed by atoms with E-state index < -0.39 is 22.0 Å². The number of rotatable bonds is 9. The molecule has 0 saturated heterocycles. The minimum absolute atomic E-state index is 0.0222. The average Bonchev–Trinajstić information content (AvgIpc) is 3.03. The van der Waals surface area contributed by atoms with E-state index in [9.17, 15) is 13.2 Å². The Kier molecular flexibility index (Phi) is 7.99. The SMILES string of the molecule is CSCCC(NS(=O)(=O)c1cc(Cl)ccc1Cl)C(=O)NCc1cc(C)on1. The highest BCUT2D eigenvalue weighted by atomic mass is 35.5. The lowest BCUT2D eigenvalue weighted by Gasteiger charge is -2.18. The Bertz CT molecular complexity index is 903. The number of amides is 1. The molecule has 0 saturated carbocycles. The molecule has 148 valence electrons. The molecule has 0 aliphatic rings. The molecule has 0 aliphatic carbocycles. The average molecular weight is 452 g/mol. The van der Waals surface area contributed by atoms with Crippen LogP contribution in [-0.4, -0.2) is 37.5 Å². The lowest BCUT2D eigenvalue weighted by atomic mass is 10.2. The number of halogens is 2. The fourth-order valence-electron chi connectivity index (χ4n) is 2.22. The van der Waals surface area contributed by atoms with E-state index in [1.165, 1.54) is 30.0 Å². The second-order valence-corrected chi connectivity index (χ2v) is 9.19. The van der Waals surface area contributed by atoms with Gasteiger partial charge in [-0.2, -0.15) is 16.5 Å². The first-order chi connectivity index (χ1) is 12.7. The zero-order valence-corrected chi connectivity index (χ0v) is 17.8. The van der Waals surface area contributed by atoms with Crippen molar-refractivity contribution < 1.29 is 17.7 Å². The summed E-state index contributed by atoms with van der Waals surface area (Å²) in [7, 11) is -4.04. The third-order valence-electron chi connectivity index (χ3n) is 3.53. The van der Waals surface area contributed by atoms with Gasteiger partial charge in [-0.3, -0.25) is 4.79 Å². The molecule has 2 rings (SSSR count). The summed E-state index contributed by atoms with van der Waals surface area (Å²) in [6.07, 6.45) is 2.18. The summed E-state index contributed by atoms with van der Waals surface area (Å²) in [5.41, 5.74) is 0.546. The van der Waals surface area contributed by atoms with Gasteiger partial charge in [0.15, 0.2) is 0 Å². The number of nitrogens with one attached hydrogen (secondary N) is 2. The van der Waals surface area contributed by atoms with E-state index in [2.05, 4.69) is 15.2 Å². The molecular weight excluding hydrogens is 433 g/mol. The van der Waals surface area contributed by atoms with Crippen LogP contribution in [0.15, 0.2) is 33.7 Å². The number of hydrogen-bond acceptors (Lipinski definition) is 6. The van der Waals surface area contributed by atoms with Gasteiger partial charge in [0, 0.05) is 11.1 Å². The molecule has 1 aromatic carbocycles. The van der Waals surface area contributed by atoms with Gasteiger partial charge in [-0.05, 0) is 43.6 Å². The van der Waals surface area contributed by atoms with Crippen LogP contribution in [0.2, 0.25) is 10.0 Å². The molecule has 2 N–H and O–H groups in total. The zero-order valence-electron chi connectivity index (χ0n) is 14.7. The molecule has 2 aromatic rings. The van der Waals surface area contributed by atoms with Gasteiger partial charge in [-0.1, -0.05) is 28.4 Å². The summed E-state index contributed by atoms with van der Waals surface area (Å²) >= 11 is 13.4. The Morgan fingerprint density at radius 2 is 2.07 bits per heavy atom. The third kappa shape index (κ3) is 6.39. The molecule has 27 heavy (non-hydrogen) atoms. The summed E-state index contributed by atoms with van der Waals surface area (Å²) in [5, 5.41) is 6.70. The number of nitrogens with zero attached hydrogens (tertiary/aromatic N) is 1. The second-order valence-electron chi connectivity index (χ2n) is 5.68. The van der Waals surface area contributed by atoms with E-state index in [0.29, 0.717) is 23.6 Å². The zero-order chi connectivity index (χ0) is 20.0. The highest BCUT2D eigenvalue weighted by molar-refractivity contribution is 7.98. The molecule has 11 heteroatoms. The van der Waals surface area contributed by atoms with Gasteiger partial charge in [-0.15, -0.1) is 0 Å². The molecule has 1 unspecified atom stereocenters. The smallest absolute Gasteiger partial charge is 0.242 e. The highest BCUT2D eigenvalue weighted by Crippen LogP contribution is 2.25. The van der Waals surface area contributed by atoms with Gasteiger partial charge in [0.05, 0.1) is 11.6 Å². The summed E-state index contributed by atoms with van der Waals surface area (Å²) in [4.78, 5) is 12.4. The molecule has 0 fully saturated rings. The first kappa shape index (κ1) is 22.0. The predicted octanol–water partition coefficient (Wildman–Crippen LogP) is 3.01. The number of carbonyl (C=O) groups is 1. The minimum Gasteiger partial charge on any atom is -0.361 e. The van der Waals surface area contributed by atoms with Crippen molar-refractivity contribution >= 4 is 50.9 Å². The first-order valence-corrected chi connectivity index (χ1v) is 11.5. The van der Waals surface area contributed by atoms with Crippen molar-refractivity contribution in [2.45, 2.75) is 30.8 Å². The van der Waals surface area contributed by atoms with E-state index in [4.69, 9.17) is 27.7 Å². The van der Waals surface area contributed by atoms with E-state index in [0.717, 1.165) is 0 Å². The topological polar surface area (TPSA) is 101 Å². The molecule has 0 radical (unpaired) electrons. The Morgan fingerprint density at radius 1 is 1.33 bits per heavy atom. The molecule has 0 spiro atoms. The Hall–Kier alpha value is -1.26. The summed E-state index contributed by atoms with van der Waals surface area (Å²) < 4.78 is 32.7. The van der Waals surface area contributed by atoms with Crippen LogP contribution in [0, 0.1) is 6.92 Å². The van der Waals surface area contributed by atoms with Crippen LogP contribution in [-0.2, 0) is 21.4 Å². The highest BCUT2D eigenvalue weighted by Gasteiger charge is 2.27. The quantitative estimate of drug-likeness (QED) is 0.607. The van der Waals surface area contributed by atoms with Crippen molar-refractivity contribution in [2.75, 3.05) is 12.0 Å². The Balaban J connectivity index is 2.14. The summed E-state index contributed by atoms with van der Waals surface area (Å²) in [6.45, 7) is 1.87. The van der Waals surface area contributed by atoms with Crippen molar-refractivity contribution in [2.24, 2.45) is 0 Å². The number of aromatic nitrogens is 1. The maximum absolute atomic E-state index is 12.7. The Labute approximate surface area is 172 Å². The van der Waals surface area contributed by atoms with Crippen molar-refractivity contribution in [1.29, 1.82) is 0 Å². The van der Waals surface area contributed by atoms with Crippen LogP contribution >= 0.6 is 35.0 Å². The van der Waals surface area contributed by atoms with Gasteiger partial charge in [0.2, 0.25) is 15.9 Å². The molecule has 1 heterocycles. The third-order valence-corrected chi connectivity index (χ3v) is 6.36. The number of aryl methyl sites for hydroxylation is 1. The fraction of sp³-hybridized carbons (Fsp3) is 0.375. The molecule has 1 aromatic heterocycles. The summed E-state index contributed by atoms with van der Waals surface area (Å²) in [6, 6.07) is 4.84. The lowest BCUT2D eigenvalue weighted by Crippen LogP contribution is -2.46. The van der Waals surface area contributed by atoms with Gasteiger partial charge in [0.25, 0.3) is 0 Å². The summed E-state index contributed by atoms with van der Waals surface area (Å²) in [5.74, 6) is 0.744. The van der Waals surface area contributed by atoms with Crippen LogP contribution < -0.4 is 10.0 Å². The largest absolute Gasteiger partial charge is 0.361 e. The lowest BCUT2D eigenvalue weighted by molar-refractivity contribution is -0.122. The van der Waals surface area contributed by atoms with Crippen molar-refractivity contribution in [3.05, 3.63) is 45.8 Å². The normalized spacial score (nSPS) is 12.7. The molecule has 1 amide bonds. The van der Waals surface area contributed by atoms with E-state index >= 15 is 0 Å². The van der Waals surface area contributed by atoms with Crippen molar-refractivity contribution in [3.63, 3.8) is 0 Å². The second kappa shape index (κ2) is 9.79. The van der Waals surface area contributed by atoms with Crippen LogP contribution in [0.1, 0.15) is 17.9 Å². The van der Waals surface area contributed by atoms with Crippen LogP contribution in [0.4, 0.5) is 0 Å². The van der Waals surface area contributed by atoms with Crippen LogP contribution in [0.5, 0.6) is 0 Å². The van der Waals surface area contributed by atoms with Crippen molar-refractivity contribution in [1.82, 2.24) is 15.2 Å². The number of thioether (sulfide) groups is 1. The van der Waals surface area contributed by atoms with Crippen molar-refractivity contribution in [3.8, 4) is 0 Å². The van der Waals surface area contributed by atoms with Gasteiger partial charge >= 0.3 is 0 Å². The fourth-order valence-corrected chi connectivity index (χ4v) is 4.68. The minimum atomic E-state index is -4.04. The monoisotopic (exact) mass is 451 g/mol. The van der Waals surface area contributed by atoms with Gasteiger partial charge in [0.1, 0.15) is 22.4 Å². The van der Waals surface area contributed by atoms with Gasteiger partial charge < -0.3 is 9.84 Å². The predicted molar refractivity (Wildman–Crippen MR) is 107 cm³/mol. The molecule has 7 nitrogen and oxygen atoms in total. The molecule has 0 bridgehead atoms. The number of sulfonamides is 1. The molecule has 0 aliphatic heterocycles. The number of carbonyl (C=O) groups excluding carboxylic acids is 1. The number of benzene rings is 1. The van der Waals surface area contributed by atoms with Crippen LogP contribution in [0.3, 0.4) is 0 Å². The first-order valence-electron chi connectivity index (χ1n) is 7.89. The standard InChI is InChI=1S/C16H19Cl2N3O4S2/c1-10-7-12(20-25-10)9-19-16(22)14(5-6-26-2)21-27(23,24)15-8-11(17)3-4-13(15)18/h3-4,7-8,14,21H,5-6,9H2,1-2H3,(H,19,22). The number of hydrogen-bond donors (Lipinski definition) is 2. The van der Waals surface area contributed by atoms with E-state index in [1.54, 1.807) is 13.0 Å².